The van der Waals surface area contributed by atoms with Crippen LogP contribution in [0.1, 0.15) is 18.1 Å². The smallest absolute Gasteiger partial charge is 0.128 e. The molecule has 3 rings (SSSR count). The van der Waals surface area contributed by atoms with Crippen LogP contribution in [0.4, 0.5) is 0 Å². The van der Waals surface area contributed by atoms with Crippen LogP contribution in [0.15, 0.2) is 53.6 Å². The number of nitrogens with zero attached hydrogens (tertiary/aromatic N) is 2. The van der Waals surface area contributed by atoms with Crippen molar-refractivity contribution >= 4 is 17.8 Å². The van der Waals surface area contributed by atoms with E-state index in [4.69, 9.17) is 16.3 Å². The maximum atomic E-state index is 5.95. The number of benzene rings is 2. The first-order valence-electron chi connectivity index (χ1n) is 8.83. The van der Waals surface area contributed by atoms with Crippen LogP contribution < -0.4 is 9.64 Å². The molecule has 2 aromatic rings. The quantitative estimate of drug-likeness (QED) is 0.804. The van der Waals surface area contributed by atoms with Crippen molar-refractivity contribution in [2.24, 2.45) is 5.10 Å². The van der Waals surface area contributed by atoms with Crippen LogP contribution >= 0.6 is 11.6 Å². The third-order valence-corrected chi connectivity index (χ3v) is 4.65. The molecule has 1 heterocycles. The number of piperazine rings is 1. The number of quaternary nitrogens is 1. The third kappa shape index (κ3) is 5.21. The summed E-state index contributed by atoms with van der Waals surface area (Å²) in [5, 5.41) is 7.59. The summed E-state index contributed by atoms with van der Waals surface area (Å²) in [5.74, 6) is 0.890. The lowest BCUT2D eigenvalue weighted by molar-refractivity contribution is -0.918. The van der Waals surface area contributed by atoms with Gasteiger partial charge in [-0.1, -0.05) is 35.9 Å². The van der Waals surface area contributed by atoms with Gasteiger partial charge in [0.1, 0.15) is 12.3 Å². The molecule has 0 bridgehead atoms. The average molecular weight is 359 g/mol. The topological polar surface area (TPSA) is 29.3 Å². The summed E-state index contributed by atoms with van der Waals surface area (Å²) in [5.41, 5.74) is 2.36. The van der Waals surface area contributed by atoms with E-state index >= 15 is 0 Å². The largest absolute Gasteiger partial charge is 0.493 e. The van der Waals surface area contributed by atoms with Crippen molar-refractivity contribution in [3.63, 3.8) is 0 Å². The molecule has 25 heavy (non-hydrogen) atoms. The Labute approximate surface area is 154 Å². The fourth-order valence-corrected chi connectivity index (χ4v) is 3.14. The maximum absolute atomic E-state index is 5.95. The van der Waals surface area contributed by atoms with Crippen molar-refractivity contribution in [3.05, 3.63) is 64.7 Å². The summed E-state index contributed by atoms with van der Waals surface area (Å²) < 4.78 is 5.65. The Morgan fingerprint density at radius 2 is 1.84 bits per heavy atom. The lowest BCUT2D eigenvalue weighted by Gasteiger charge is -2.30. The molecule has 0 amide bonds. The van der Waals surface area contributed by atoms with Gasteiger partial charge in [0.2, 0.25) is 0 Å². The molecule has 0 unspecified atom stereocenters. The van der Waals surface area contributed by atoms with E-state index in [-0.39, 0.29) is 0 Å². The second-order valence-electron chi connectivity index (χ2n) is 6.22. The first-order chi connectivity index (χ1) is 12.2. The predicted molar refractivity (Wildman–Crippen MR) is 103 cm³/mol. The zero-order valence-corrected chi connectivity index (χ0v) is 15.4. The van der Waals surface area contributed by atoms with E-state index < -0.39 is 0 Å². The highest BCUT2D eigenvalue weighted by atomic mass is 35.5. The van der Waals surface area contributed by atoms with Crippen LogP contribution in [-0.2, 0) is 6.54 Å². The molecule has 1 fully saturated rings. The molecule has 0 aromatic heterocycles. The van der Waals surface area contributed by atoms with Gasteiger partial charge in [0.25, 0.3) is 0 Å². The van der Waals surface area contributed by atoms with Gasteiger partial charge in [-0.2, -0.15) is 5.10 Å². The fourth-order valence-electron chi connectivity index (χ4n) is 3.01. The summed E-state index contributed by atoms with van der Waals surface area (Å²) >= 11 is 5.95. The van der Waals surface area contributed by atoms with E-state index in [2.05, 4.69) is 22.2 Å². The zero-order valence-electron chi connectivity index (χ0n) is 14.6. The number of ether oxygens (including phenoxy) is 1. The molecule has 2 aromatic carbocycles. The Hall–Kier alpha value is -2.04. The maximum Gasteiger partial charge on any atom is 0.128 e. The minimum atomic E-state index is 0.664. The Kier molecular flexibility index (Phi) is 6.31. The number of para-hydroxylation sites is 1. The van der Waals surface area contributed by atoms with Gasteiger partial charge in [0.15, 0.2) is 0 Å². The summed E-state index contributed by atoms with van der Waals surface area (Å²) in [6, 6.07) is 16.2. The number of hydrazone groups is 1. The molecular weight excluding hydrogens is 334 g/mol. The standard InChI is InChI=1S/C20H24ClN3O/c1-2-25-20-6-4-3-5-18(20)15-22-24-13-11-23(12-14-24)16-17-7-9-19(21)10-8-17/h3-10,15H,2,11-14,16H2,1H3/p+1. The van der Waals surface area contributed by atoms with E-state index in [1.54, 1.807) is 4.90 Å². The van der Waals surface area contributed by atoms with Gasteiger partial charge in [-0.25, -0.2) is 0 Å². The average Bonchev–Trinajstić information content (AvgIpc) is 2.64. The van der Waals surface area contributed by atoms with Crippen LogP contribution in [0.2, 0.25) is 5.02 Å². The molecule has 0 atom stereocenters. The summed E-state index contributed by atoms with van der Waals surface area (Å²) in [7, 11) is 0. The minimum absolute atomic E-state index is 0.664. The summed E-state index contributed by atoms with van der Waals surface area (Å²) in [6.45, 7) is 7.82. The van der Waals surface area contributed by atoms with Crippen molar-refractivity contribution in [1.29, 1.82) is 0 Å². The van der Waals surface area contributed by atoms with Crippen LogP contribution in [0.25, 0.3) is 0 Å². The highest BCUT2D eigenvalue weighted by molar-refractivity contribution is 6.30. The Bertz CT molecular complexity index is 694. The zero-order chi connectivity index (χ0) is 17.5. The number of hydrogen-bond acceptors (Lipinski definition) is 3. The van der Waals surface area contributed by atoms with E-state index in [0.717, 1.165) is 49.1 Å². The lowest BCUT2D eigenvalue weighted by Crippen LogP contribution is -3.13. The SMILES string of the molecule is CCOc1ccccc1C=NN1CC[NH+](Cc2ccc(Cl)cc2)CC1. The Morgan fingerprint density at radius 1 is 1.12 bits per heavy atom. The van der Waals surface area contributed by atoms with Crippen molar-refractivity contribution in [2.45, 2.75) is 13.5 Å². The molecule has 1 aliphatic rings. The highest BCUT2D eigenvalue weighted by Gasteiger charge is 2.18. The molecule has 1 N–H and O–H groups in total. The molecular formula is C20H25ClN3O+. The number of rotatable bonds is 6. The van der Waals surface area contributed by atoms with E-state index in [0.29, 0.717) is 6.61 Å². The fraction of sp³-hybridized carbons (Fsp3) is 0.350. The monoisotopic (exact) mass is 358 g/mol. The van der Waals surface area contributed by atoms with Crippen molar-refractivity contribution < 1.29 is 9.64 Å². The minimum Gasteiger partial charge on any atom is -0.493 e. The van der Waals surface area contributed by atoms with Crippen LogP contribution in [-0.4, -0.2) is 44.0 Å². The van der Waals surface area contributed by atoms with Gasteiger partial charge in [-0.15, -0.1) is 0 Å². The lowest BCUT2D eigenvalue weighted by atomic mass is 10.2. The molecule has 1 saturated heterocycles. The molecule has 0 radical (unpaired) electrons. The molecule has 1 aliphatic heterocycles. The van der Waals surface area contributed by atoms with Crippen LogP contribution in [0, 0.1) is 0 Å². The van der Waals surface area contributed by atoms with E-state index in [1.807, 2.05) is 49.5 Å². The van der Waals surface area contributed by atoms with Gasteiger partial charge >= 0.3 is 0 Å². The van der Waals surface area contributed by atoms with E-state index in [1.165, 1.54) is 5.56 Å². The van der Waals surface area contributed by atoms with Gasteiger partial charge in [-0.3, -0.25) is 5.01 Å². The van der Waals surface area contributed by atoms with Gasteiger partial charge in [0.05, 0.1) is 39.0 Å². The van der Waals surface area contributed by atoms with E-state index in [9.17, 15) is 0 Å². The number of halogens is 1. The van der Waals surface area contributed by atoms with Crippen molar-refractivity contribution in [2.75, 3.05) is 32.8 Å². The van der Waals surface area contributed by atoms with Crippen molar-refractivity contribution in [3.8, 4) is 5.75 Å². The summed E-state index contributed by atoms with van der Waals surface area (Å²) in [6.07, 6.45) is 1.91. The Balaban J connectivity index is 1.51. The molecule has 4 nitrogen and oxygen atoms in total. The predicted octanol–water partition coefficient (Wildman–Crippen LogP) is 2.47. The Morgan fingerprint density at radius 3 is 2.56 bits per heavy atom. The normalized spacial score (nSPS) is 15.7. The second-order valence-corrected chi connectivity index (χ2v) is 6.66. The summed E-state index contributed by atoms with van der Waals surface area (Å²) in [4.78, 5) is 1.59. The third-order valence-electron chi connectivity index (χ3n) is 4.39. The van der Waals surface area contributed by atoms with Gasteiger partial charge < -0.3 is 9.64 Å². The van der Waals surface area contributed by atoms with Gasteiger partial charge in [0, 0.05) is 16.1 Å². The first-order valence-corrected chi connectivity index (χ1v) is 9.21. The molecule has 0 spiro atoms. The van der Waals surface area contributed by atoms with Gasteiger partial charge in [-0.05, 0) is 31.2 Å². The highest BCUT2D eigenvalue weighted by Crippen LogP contribution is 2.15. The molecule has 0 saturated carbocycles. The van der Waals surface area contributed by atoms with Crippen LogP contribution in [0.3, 0.4) is 0 Å². The van der Waals surface area contributed by atoms with Crippen molar-refractivity contribution in [1.82, 2.24) is 5.01 Å². The molecule has 0 aliphatic carbocycles. The molecule has 5 heteroatoms. The molecule has 132 valence electrons. The number of nitrogens with one attached hydrogen (secondary N) is 1. The number of hydrogen-bond donors (Lipinski definition) is 1. The first kappa shape index (κ1) is 17.8. The van der Waals surface area contributed by atoms with Crippen LogP contribution in [0.5, 0.6) is 5.75 Å². The second kappa shape index (κ2) is 8.88.